The maximum Gasteiger partial charge on any atom is 0.262 e. The van der Waals surface area contributed by atoms with Crippen molar-refractivity contribution in [3.63, 3.8) is 0 Å². The molecule has 3 rings (SSSR count). The number of aromatic nitrogens is 2. The smallest absolute Gasteiger partial charge is 0.262 e. The molecule has 0 atom stereocenters. The van der Waals surface area contributed by atoms with Gasteiger partial charge in [-0.2, -0.15) is 0 Å². The van der Waals surface area contributed by atoms with Crippen molar-refractivity contribution >= 4 is 45.9 Å². The van der Waals surface area contributed by atoms with Crippen molar-refractivity contribution in [2.75, 3.05) is 17.7 Å². The number of para-hydroxylation sites is 1. The molecule has 146 valence electrons. The van der Waals surface area contributed by atoms with Gasteiger partial charge in [-0.25, -0.2) is 4.98 Å². The van der Waals surface area contributed by atoms with E-state index >= 15 is 0 Å². The number of nitrogens with one attached hydrogen (secondary N) is 1. The summed E-state index contributed by atoms with van der Waals surface area (Å²) in [5, 5.41) is 13.5. The van der Waals surface area contributed by atoms with Crippen LogP contribution in [0.25, 0.3) is 10.9 Å². The third-order valence-corrected chi connectivity index (χ3v) is 5.63. The zero-order valence-electron chi connectivity index (χ0n) is 15.3. The number of fused-ring (bicyclic) bond motifs is 1. The van der Waals surface area contributed by atoms with Crippen LogP contribution in [0.3, 0.4) is 0 Å². The molecule has 0 aliphatic rings. The van der Waals surface area contributed by atoms with E-state index < -0.39 is 0 Å². The highest BCUT2D eigenvalue weighted by molar-refractivity contribution is 7.99. The van der Waals surface area contributed by atoms with Crippen LogP contribution < -0.4 is 10.9 Å². The molecule has 1 amide bonds. The standard InChI is InChI=1S/C20H20ClN3O3S/c1-13-15(21)7-4-9-16(13)22-18(26)12-28-20-23-17-8-3-2-6-14(17)19(27)24(20)10-5-11-25/h2-4,6-9,25H,5,10-12H2,1H3,(H,22,26). The lowest BCUT2D eigenvalue weighted by Gasteiger charge is -2.13. The molecular weight excluding hydrogens is 398 g/mol. The average Bonchev–Trinajstić information content (AvgIpc) is 2.69. The van der Waals surface area contributed by atoms with Gasteiger partial charge in [0, 0.05) is 23.9 Å². The topological polar surface area (TPSA) is 84.2 Å². The van der Waals surface area contributed by atoms with Crippen molar-refractivity contribution in [2.45, 2.75) is 25.0 Å². The van der Waals surface area contributed by atoms with Crippen molar-refractivity contribution in [3.8, 4) is 0 Å². The van der Waals surface area contributed by atoms with E-state index in [0.717, 1.165) is 5.56 Å². The Morgan fingerprint density at radius 2 is 2.04 bits per heavy atom. The Kier molecular flexibility index (Phi) is 6.72. The van der Waals surface area contributed by atoms with Gasteiger partial charge in [-0.1, -0.05) is 41.6 Å². The summed E-state index contributed by atoms with van der Waals surface area (Å²) in [5.74, 6) is -0.123. The summed E-state index contributed by atoms with van der Waals surface area (Å²) in [6.07, 6.45) is 0.432. The zero-order valence-corrected chi connectivity index (χ0v) is 16.9. The van der Waals surface area contributed by atoms with Gasteiger partial charge >= 0.3 is 0 Å². The fourth-order valence-electron chi connectivity index (χ4n) is 2.74. The van der Waals surface area contributed by atoms with Crippen molar-refractivity contribution in [3.05, 3.63) is 63.4 Å². The Balaban J connectivity index is 1.81. The van der Waals surface area contributed by atoms with E-state index in [-0.39, 0.29) is 23.8 Å². The summed E-state index contributed by atoms with van der Waals surface area (Å²) in [6.45, 7) is 2.14. The Morgan fingerprint density at radius 3 is 2.82 bits per heavy atom. The predicted octanol–water partition coefficient (Wildman–Crippen LogP) is 3.47. The fraction of sp³-hybridized carbons (Fsp3) is 0.250. The first-order valence-corrected chi connectivity index (χ1v) is 10.2. The summed E-state index contributed by atoms with van der Waals surface area (Å²) in [5.41, 5.74) is 1.86. The molecule has 3 aromatic rings. The molecular formula is C20H20ClN3O3S. The number of aliphatic hydroxyl groups is 1. The number of thioether (sulfide) groups is 1. The molecule has 8 heteroatoms. The lowest BCUT2D eigenvalue weighted by molar-refractivity contribution is -0.113. The maximum absolute atomic E-state index is 12.8. The second kappa shape index (κ2) is 9.23. The molecule has 2 N–H and O–H groups in total. The van der Waals surface area contributed by atoms with Crippen molar-refractivity contribution in [1.29, 1.82) is 0 Å². The molecule has 0 bridgehead atoms. The van der Waals surface area contributed by atoms with E-state index in [1.54, 1.807) is 36.4 Å². The number of anilines is 1. The fourth-order valence-corrected chi connectivity index (χ4v) is 3.74. The van der Waals surface area contributed by atoms with Crippen molar-refractivity contribution in [1.82, 2.24) is 9.55 Å². The van der Waals surface area contributed by atoms with Crippen LogP contribution in [0.1, 0.15) is 12.0 Å². The third-order valence-electron chi connectivity index (χ3n) is 4.24. The Labute approximate surface area is 171 Å². The van der Waals surface area contributed by atoms with Crippen molar-refractivity contribution in [2.24, 2.45) is 0 Å². The van der Waals surface area contributed by atoms with E-state index in [4.69, 9.17) is 16.7 Å². The van der Waals surface area contributed by atoms with Gasteiger partial charge < -0.3 is 10.4 Å². The number of hydrogen-bond acceptors (Lipinski definition) is 5. The van der Waals surface area contributed by atoms with E-state index in [1.807, 2.05) is 13.0 Å². The SMILES string of the molecule is Cc1c(Cl)cccc1NC(=O)CSc1nc2ccccc2c(=O)n1CCCO. The minimum absolute atomic E-state index is 0.0299. The van der Waals surface area contributed by atoms with E-state index in [9.17, 15) is 9.59 Å². The molecule has 0 unspecified atom stereocenters. The molecule has 0 saturated heterocycles. The Morgan fingerprint density at radius 1 is 1.25 bits per heavy atom. The molecule has 6 nitrogen and oxygen atoms in total. The first kappa shape index (κ1) is 20.4. The monoisotopic (exact) mass is 417 g/mol. The summed E-state index contributed by atoms with van der Waals surface area (Å²) in [6, 6.07) is 12.4. The van der Waals surface area contributed by atoms with Crippen LogP contribution in [0.5, 0.6) is 0 Å². The quantitative estimate of drug-likeness (QED) is 0.454. The van der Waals surface area contributed by atoms with Crippen LogP contribution in [0.2, 0.25) is 5.02 Å². The molecule has 0 aliphatic heterocycles. The maximum atomic E-state index is 12.8. The summed E-state index contributed by atoms with van der Waals surface area (Å²) in [7, 11) is 0. The average molecular weight is 418 g/mol. The van der Waals surface area contributed by atoms with Gasteiger partial charge in [0.2, 0.25) is 5.91 Å². The lowest BCUT2D eigenvalue weighted by atomic mass is 10.2. The largest absolute Gasteiger partial charge is 0.396 e. The summed E-state index contributed by atoms with van der Waals surface area (Å²) in [4.78, 5) is 29.7. The molecule has 0 radical (unpaired) electrons. The molecule has 2 aromatic carbocycles. The van der Waals surface area contributed by atoms with Crippen molar-refractivity contribution < 1.29 is 9.90 Å². The minimum atomic E-state index is -0.216. The molecule has 0 saturated carbocycles. The number of rotatable bonds is 7. The molecule has 0 aliphatic carbocycles. The molecule has 28 heavy (non-hydrogen) atoms. The van der Waals surface area contributed by atoms with E-state index in [0.29, 0.717) is 39.7 Å². The van der Waals surface area contributed by atoms with E-state index in [1.165, 1.54) is 16.3 Å². The summed E-state index contributed by atoms with van der Waals surface area (Å²) >= 11 is 7.28. The third kappa shape index (κ3) is 4.55. The number of benzene rings is 2. The number of aliphatic hydroxyl groups excluding tert-OH is 1. The van der Waals surface area contributed by atoms with E-state index in [2.05, 4.69) is 10.3 Å². The zero-order chi connectivity index (χ0) is 20.1. The number of amides is 1. The van der Waals surface area contributed by atoms with Gasteiger partial charge in [-0.05, 0) is 43.2 Å². The van der Waals surface area contributed by atoms with Crippen LogP contribution in [0, 0.1) is 6.92 Å². The number of halogens is 1. The first-order valence-electron chi connectivity index (χ1n) is 8.79. The highest BCUT2D eigenvalue weighted by Crippen LogP contribution is 2.24. The van der Waals surface area contributed by atoms with Gasteiger partial charge in [0.1, 0.15) is 0 Å². The predicted molar refractivity (Wildman–Crippen MR) is 113 cm³/mol. The normalized spacial score (nSPS) is 11.0. The van der Waals surface area contributed by atoms with Crippen LogP contribution in [-0.4, -0.2) is 32.9 Å². The lowest BCUT2D eigenvalue weighted by Crippen LogP contribution is -2.25. The molecule has 1 heterocycles. The highest BCUT2D eigenvalue weighted by atomic mass is 35.5. The Hall–Kier alpha value is -2.35. The minimum Gasteiger partial charge on any atom is -0.396 e. The van der Waals surface area contributed by atoms with Crippen LogP contribution in [0.4, 0.5) is 5.69 Å². The first-order chi connectivity index (χ1) is 13.5. The molecule has 1 aromatic heterocycles. The highest BCUT2D eigenvalue weighted by Gasteiger charge is 2.14. The van der Waals surface area contributed by atoms with Crippen LogP contribution >= 0.6 is 23.4 Å². The van der Waals surface area contributed by atoms with Gasteiger partial charge in [0.15, 0.2) is 5.16 Å². The van der Waals surface area contributed by atoms with Gasteiger partial charge in [0.05, 0.1) is 16.7 Å². The van der Waals surface area contributed by atoms with Gasteiger partial charge in [-0.3, -0.25) is 14.2 Å². The summed E-state index contributed by atoms with van der Waals surface area (Å²) < 4.78 is 1.52. The number of carbonyl (C=O) groups is 1. The molecule has 0 fully saturated rings. The Bertz CT molecular complexity index is 1070. The van der Waals surface area contributed by atoms with Crippen LogP contribution in [-0.2, 0) is 11.3 Å². The van der Waals surface area contributed by atoms with Crippen LogP contribution in [0.15, 0.2) is 52.4 Å². The number of carbonyl (C=O) groups excluding carboxylic acids is 1. The second-order valence-corrected chi connectivity index (χ2v) is 7.54. The van der Waals surface area contributed by atoms with Gasteiger partial charge in [-0.15, -0.1) is 0 Å². The molecule has 0 spiro atoms. The number of hydrogen-bond donors (Lipinski definition) is 2. The second-order valence-electron chi connectivity index (χ2n) is 6.19. The van der Waals surface area contributed by atoms with Gasteiger partial charge in [0.25, 0.3) is 5.56 Å². The number of nitrogens with zero attached hydrogens (tertiary/aromatic N) is 2.